The van der Waals surface area contributed by atoms with Gasteiger partial charge in [-0.1, -0.05) is 41.1 Å². The molecule has 5 rings (SSSR count). The molecule has 1 aromatic carbocycles. The molecule has 1 fully saturated rings. The number of rotatable bonds is 3. The minimum Gasteiger partial charge on any atom is -0.475 e. The van der Waals surface area contributed by atoms with Crippen molar-refractivity contribution >= 4 is 17.4 Å². The summed E-state index contributed by atoms with van der Waals surface area (Å²) in [4.78, 5) is 25.7. The van der Waals surface area contributed by atoms with Crippen LogP contribution in [-0.4, -0.2) is 74.5 Å². The van der Waals surface area contributed by atoms with Crippen LogP contribution in [0.1, 0.15) is 27.9 Å². The standard InChI is InChI=1S/C23H23N5O2.C2HF3O2/c1-16-5-7-17(8-6-16)18-9-10-19-22(24-25-28(19)14-18)20-15-27(12-11-26(20)2)23(29)21-4-3-13-30-21;3-2(4,5)1(6)7/h3-10,13-14,20H,11-12,15H2,1-2H3;(H,6,7). The number of halogens is 3. The average Bonchev–Trinajstić information content (AvgIpc) is 3.54. The molecule has 1 amide bonds. The molecule has 1 N–H and O–H groups in total. The Bertz CT molecular complexity index is 1380. The molecule has 0 saturated carbocycles. The normalized spacial score (nSPS) is 16.4. The van der Waals surface area contributed by atoms with E-state index < -0.39 is 12.1 Å². The molecule has 12 heteroatoms. The zero-order chi connectivity index (χ0) is 26.7. The molecule has 3 aromatic heterocycles. The molecule has 0 bridgehead atoms. The zero-order valence-corrected chi connectivity index (χ0v) is 20.0. The van der Waals surface area contributed by atoms with Crippen molar-refractivity contribution in [1.29, 1.82) is 0 Å². The highest BCUT2D eigenvalue weighted by molar-refractivity contribution is 5.91. The summed E-state index contributed by atoms with van der Waals surface area (Å²) in [5, 5.41) is 16.0. The van der Waals surface area contributed by atoms with E-state index in [1.54, 1.807) is 12.1 Å². The van der Waals surface area contributed by atoms with E-state index in [9.17, 15) is 18.0 Å². The molecule has 1 atom stereocenters. The van der Waals surface area contributed by atoms with Gasteiger partial charge in [0.2, 0.25) is 0 Å². The topological polar surface area (TPSA) is 104 Å². The number of alkyl halides is 3. The summed E-state index contributed by atoms with van der Waals surface area (Å²) in [7, 11) is 2.06. The zero-order valence-electron chi connectivity index (χ0n) is 20.0. The number of hydrogen-bond acceptors (Lipinski definition) is 6. The van der Waals surface area contributed by atoms with E-state index in [1.807, 2.05) is 15.6 Å². The number of carboxylic acid groups (broad SMARTS) is 1. The van der Waals surface area contributed by atoms with Crippen LogP contribution in [0.4, 0.5) is 13.2 Å². The molecule has 0 aliphatic carbocycles. The lowest BCUT2D eigenvalue weighted by Crippen LogP contribution is -2.49. The van der Waals surface area contributed by atoms with Crippen molar-refractivity contribution < 1.29 is 32.3 Å². The van der Waals surface area contributed by atoms with E-state index in [0.717, 1.165) is 28.9 Å². The maximum absolute atomic E-state index is 12.7. The molecule has 1 aliphatic rings. The van der Waals surface area contributed by atoms with E-state index in [2.05, 4.69) is 65.6 Å². The highest BCUT2D eigenvalue weighted by Gasteiger charge is 2.38. The summed E-state index contributed by atoms with van der Waals surface area (Å²) in [6.07, 6.45) is -1.55. The molecule has 9 nitrogen and oxygen atoms in total. The minimum atomic E-state index is -5.08. The van der Waals surface area contributed by atoms with Crippen LogP contribution in [0.15, 0.2) is 65.4 Å². The third-order valence-electron chi connectivity index (χ3n) is 6.05. The number of amides is 1. The lowest BCUT2D eigenvalue weighted by atomic mass is 10.0. The first-order chi connectivity index (χ1) is 17.5. The van der Waals surface area contributed by atoms with Crippen molar-refractivity contribution in [2.75, 3.05) is 26.7 Å². The van der Waals surface area contributed by atoms with Crippen LogP contribution in [0, 0.1) is 6.92 Å². The number of hydrogen-bond donors (Lipinski definition) is 1. The molecular weight excluding hydrogens is 491 g/mol. The molecule has 1 aliphatic heterocycles. The number of nitrogens with zero attached hydrogens (tertiary/aromatic N) is 5. The van der Waals surface area contributed by atoms with Gasteiger partial charge < -0.3 is 14.4 Å². The van der Waals surface area contributed by atoms with E-state index >= 15 is 0 Å². The Morgan fingerprint density at radius 1 is 1.05 bits per heavy atom. The maximum Gasteiger partial charge on any atom is 0.490 e. The third kappa shape index (κ3) is 5.80. The third-order valence-corrected chi connectivity index (χ3v) is 6.05. The molecule has 4 aromatic rings. The predicted octanol–water partition coefficient (Wildman–Crippen LogP) is 4.06. The highest BCUT2D eigenvalue weighted by atomic mass is 19.4. The van der Waals surface area contributed by atoms with Gasteiger partial charge in [0.25, 0.3) is 5.91 Å². The quantitative estimate of drug-likeness (QED) is 0.439. The van der Waals surface area contributed by atoms with E-state index in [4.69, 9.17) is 14.3 Å². The summed E-state index contributed by atoms with van der Waals surface area (Å²) in [5.74, 6) is -2.47. The van der Waals surface area contributed by atoms with Gasteiger partial charge in [0.15, 0.2) is 5.76 Å². The number of furan rings is 1. The lowest BCUT2D eigenvalue weighted by Gasteiger charge is -2.38. The predicted molar refractivity (Wildman–Crippen MR) is 127 cm³/mol. The van der Waals surface area contributed by atoms with Gasteiger partial charge in [0, 0.05) is 31.4 Å². The van der Waals surface area contributed by atoms with Crippen LogP contribution < -0.4 is 0 Å². The maximum atomic E-state index is 12.7. The first-order valence-corrected chi connectivity index (χ1v) is 11.3. The second-order valence-electron chi connectivity index (χ2n) is 8.62. The Labute approximate surface area is 209 Å². The van der Waals surface area contributed by atoms with Gasteiger partial charge in [-0.2, -0.15) is 13.2 Å². The number of fused-ring (bicyclic) bond motifs is 1. The molecule has 37 heavy (non-hydrogen) atoms. The number of carboxylic acids is 1. The number of pyridine rings is 1. The molecule has 1 saturated heterocycles. The smallest absolute Gasteiger partial charge is 0.475 e. The fourth-order valence-electron chi connectivity index (χ4n) is 3.98. The molecular formula is C25H24F3N5O4. The van der Waals surface area contributed by atoms with Gasteiger partial charge in [-0.25, -0.2) is 9.31 Å². The lowest BCUT2D eigenvalue weighted by molar-refractivity contribution is -0.192. The summed E-state index contributed by atoms with van der Waals surface area (Å²) in [6, 6.07) is 16.0. The first kappa shape index (κ1) is 25.9. The second-order valence-corrected chi connectivity index (χ2v) is 8.62. The van der Waals surface area contributed by atoms with Crippen LogP contribution in [0.5, 0.6) is 0 Å². The number of carbonyl (C=O) groups excluding carboxylic acids is 1. The van der Waals surface area contributed by atoms with E-state index in [-0.39, 0.29) is 11.9 Å². The van der Waals surface area contributed by atoms with Gasteiger partial charge in [-0.05, 0) is 37.7 Å². The number of likely N-dealkylation sites (N-methyl/N-ethyl adjacent to an activating group) is 1. The van der Waals surface area contributed by atoms with Gasteiger partial charge >= 0.3 is 12.1 Å². The van der Waals surface area contributed by atoms with Gasteiger partial charge in [0.1, 0.15) is 5.69 Å². The first-order valence-electron chi connectivity index (χ1n) is 11.3. The highest BCUT2D eigenvalue weighted by Crippen LogP contribution is 2.28. The van der Waals surface area contributed by atoms with Crippen molar-refractivity contribution in [3.63, 3.8) is 0 Å². The van der Waals surface area contributed by atoms with Crippen molar-refractivity contribution in [2.45, 2.75) is 19.1 Å². The number of benzene rings is 1. The molecule has 1 unspecified atom stereocenters. The number of aromatic nitrogens is 3. The Kier molecular flexibility index (Phi) is 7.30. The fraction of sp³-hybridized carbons (Fsp3) is 0.280. The second kappa shape index (κ2) is 10.4. The Balaban J connectivity index is 0.000000405. The molecule has 0 radical (unpaired) electrons. The van der Waals surface area contributed by atoms with Gasteiger partial charge in [-0.15, -0.1) is 5.10 Å². The van der Waals surface area contributed by atoms with Crippen LogP contribution in [-0.2, 0) is 4.79 Å². The van der Waals surface area contributed by atoms with E-state index in [0.29, 0.717) is 18.8 Å². The van der Waals surface area contributed by atoms with Crippen molar-refractivity contribution in [2.24, 2.45) is 0 Å². The van der Waals surface area contributed by atoms with Crippen LogP contribution in [0.25, 0.3) is 16.6 Å². The Morgan fingerprint density at radius 2 is 1.73 bits per heavy atom. The molecule has 194 valence electrons. The summed E-state index contributed by atoms with van der Waals surface area (Å²) in [5.41, 5.74) is 5.30. The van der Waals surface area contributed by atoms with Crippen molar-refractivity contribution in [3.05, 3.63) is 78.0 Å². The van der Waals surface area contributed by atoms with Crippen LogP contribution in [0.2, 0.25) is 0 Å². The summed E-state index contributed by atoms with van der Waals surface area (Å²) >= 11 is 0. The summed E-state index contributed by atoms with van der Waals surface area (Å²) < 4.78 is 38.9. The Hall–Kier alpha value is -4.19. The molecule has 0 spiro atoms. The number of piperazine rings is 1. The minimum absolute atomic E-state index is 0.0274. The van der Waals surface area contributed by atoms with Crippen molar-refractivity contribution in [1.82, 2.24) is 24.6 Å². The number of aliphatic carboxylic acids is 1. The monoisotopic (exact) mass is 515 g/mol. The SMILES string of the molecule is Cc1ccc(-c2ccc3c(C4CN(C(=O)c5ccco5)CCN4C)nnn3c2)cc1.O=C(O)C(F)(F)F. The summed E-state index contributed by atoms with van der Waals surface area (Å²) in [6.45, 7) is 4.04. The molecule has 4 heterocycles. The largest absolute Gasteiger partial charge is 0.490 e. The van der Waals surface area contributed by atoms with Crippen molar-refractivity contribution in [3.8, 4) is 11.1 Å². The van der Waals surface area contributed by atoms with Crippen LogP contribution >= 0.6 is 0 Å². The van der Waals surface area contributed by atoms with Gasteiger partial charge in [-0.3, -0.25) is 9.69 Å². The number of aryl methyl sites for hydroxylation is 1. The van der Waals surface area contributed by atoms with Crippen LogP contribution in [0.3, 0.4) is 0 Å². The fourth-order valence-corrected chi connectivity index (χ4v) is 3.98. The average molecular weight is 515 g/mol. The van der Waals surface area contributed by atoms with Gasteiger partial charge in [0.05, 0.1) is 17.8 Å². The number of carbonyl (C=O) groups is 2. The Morgan fingerprint density at radius 3 is 2.35 bits per heavy atom. The van der Waals surface area contributed by atoms with E-state index in [1.165, 1.54) is 11.8 Å².